The molecule has 0 saturated heterocycles. The van der Waals surface area contributed by atoms with Gasteiger partial charge < -0.3 is 18.9 Å². The Morgan fingerprint density at radius 1 is 0.667 bits per heavy atom. The number of carbonyl (C=O) groups is 4. The van der Waals surface area contributed by atoms with Crippen molar-refractivity contribution in [2.75, 3.05) is 26.4 Å². The molecular formula is C25H26O8. The van der Waals surface area contributed by atoms with E-state index in [1.807, 2.05) is 0 Å². The Bertz CT molecular complexity index is 895. The maximum Gasteiger partial charge on any atom is 0.338 e. The van der Waals surface area contributed by atoms with E-state index in [0.29, 0.717) is 11.1 Å². The minimum Gasteiger partial charge on any atom is -0.461 e. The second-order valence-corrected chi connectivity index (χ2v) is 6.98. The van der Waals surface area contributed by atoms with Gasteiger partial charge in [0.2, 0.25) is 0 Å². The quantitative estimate of drug-likeness (QED) is 0.167. The smallest absolute Gasteiger partial charge is 0.338 e. The molecule has 0 aliphatic rings. The molecule has 0 atom stereocenters. The Labute approximate surface area is 192 Å². The summed E-state index contributed by atoms with van der Waals surface area (Å²) in [6, 6.07) is 16.8. The first kappa shape index (κ1) is 25.3. The zero-order valence-electron chi connectivity index (χ0n) is 18.5. The summed E-state index contributed by atoms with van der Waals surface area (Å²) >= 11 is 0. The third-order valence-electron chi connectivity index (χ3n) is 4.47. The zero-order chi connectivity index (χ0) is 24.1. The number of carbonyl (C=O) groups excluding carboxylic acids is 4. The van der Waals surface area contributed by atoms with Crippen molar-refractivity contribution < 1.29 is 38.1 Å². The van der Waals surface area contributed by atoms with Crippen molar-refractivity contribution >= 4 is 23.9 Å². The molecule has 174 valence electrons. The normalized spacial score (nSPS) is 11.0. The molecule has 0 aromatic heterocycles. The second-order valence-electron chi connectivity index (χ2n) is 6.98. The van der Waals surface area contributed by atoms with Gasteiger partial charge in [-0.15, -0.1) is 0 Å². The van der Waals surface area contributed by atoms with Gasteiger partial charge in [0.05, 0.1) is 11.1 Å². The first-order valence-corrected chi connectivity index (χ1v) is 10.3. The number of rotatable bonds is 11. The van der Waals surface area contributed by atoms with Gasteiger partial charge in [-0.3, -0.25) is 9.59 Å². The summed E-state index contributed by atoms with van der Waals surface area (Å²) in [5.41, 5.74) is -0.958. The monoisotopic (exact) mass is 454 g/mol. The molecule has 0 amide bonds. The molecule has 2 aromatic rings. The molecule has 0 saturated carbocycles. The van der Waals surface area contributed by atoms with Gasteiger partial charge in [-0.1, -0.05) is 48.6 Å². The number of hydrogen-bond acceptors (Lipinski definition) is 8. The molecule has 0 aliphatic heterocycles. The summed E-state index contributed by atoms with van der Waals surface area (Å²) in [5, 5.41) is 0. The molecule has 0 fully saturated rings. The molecule has 0 heterocycles. The van der Waals surface area contributed by atoms with E-state index in [4.69, 9.17) is 18.9 Å². The van der Waals surface area contributed by atoms with Crippen LogP contribution in [0.15, 0.2) is 72.8 Å². The van der Waals surface area contributed by atoms with Gasteiger partial charge in [0.15, 0.2) is 5.41 Å². The third-order valence-corrected chi connectivity index (χ3v) is 4.47. The van der Waals surface area contributed by atoms with Crippen LogP contribution < -0.4 is 0 Å². The maximum absolute atomic E-state index is 12.5. The summed E-state index contributed by atoms with van der Waals surface area (Å²) in [4.78, 5) is 48.9. The van der Waals surface area contributed by atoms with E-state index in [1.54, 1.807) is 67.6 Å². The van der Waals surface area contributed by atoms with Gasteiger partial charge in [0.25, 0.3) is 0 Å². The first-order chi connectivity index (χ1) is 15.9. The van der Waals surface area contributed by atoms with Crippen molar-refractivity contribution in [2.45, 2.75) is 13.8 Å². The van der Waals surface area contributed by atoms with Crippen molar-refractivity contribution in [2.24, 2.45) is 5.41 Å². The van der Waals surface area contributed by atoms with E-state index in [1.165, 1.54) is 19.1 Å². The minimum atomic E-state index is -1.71. The molecule has 0 radical (unpaired) electrons. The summed E-state index contributed by atoms with van der Waals surface area (Å²) in [6.07, 6.45) is 2.87. The van der Waals surface area contributed by atoms with Crippen molar-refractivity contribution in [1.29, 1.82) is 0 Å². The Balaban J connectivity index is 1.78. The van der Waals surface area contributed by atoms with Crippen molar-refractivity contribution in [1.82, 2.24) is 0 Å². The van der Waals surface area contributed by atoms with Crippen molar-refractivity contribution in [3.8, 4) is 0 Å². The fraction of sp³-hybridized carbons (Fsp3) is 0.280. The molecule has 0 spiro atoms. The summed E-state index contributed by atoms with van der Waals surface area (Å²) in [7, 11) is 0. The van der Waals surface area contributed by atoms with Gasteiger partial charge in [0, 0.05) is 0 Å². The molecule has 2 rings (SSSR count). The molecular weight excluding hydrogens is 428 g/mol. The first-order valence-electron chi connectivity index (χ1n) is 10.3. The van der Waals surface area contributed by atoms with Gasteiger partial charge in [-0.2, -0.15) is 0 Å². The van der Waals surface area contributed by atoms with Crippen LogP contribution in [0.1, 0.15) is 34.6 Å². The van der Waals surface area contributed by atoms with Crippen LogP contribution in [0, 0.1) is 5.41 Å². The highest BCUT2D eigenvalue weighted by molar-refractivity contribution is 6.01. The molecule has 8 nitrogen and oxygen atoms in total. The lowest BCUT2D eigenvalue weighted by Gasteiger charge is -2.22. The van der Waals surface area contributed by atoms with E-state index < -0.39 is 29.3 Å². The largest absolute Gasteiger partial charge is 0.461 e. The van der Waals surface area contributed by atoms with Crippen LogP contribution in [0.25, 0.3) is 0 Å². The molecule has 0 unspecified atom stereocenters. The predicted octanol–water partition coefficient (Wildman–Crippen LogP) is 3.37. The lowest BCUT2D eigenvalue weighted by molar-refractivity contribution is -0.168. The number of ether oxygens (including phenoxy) is 4. The topological polar surface area (TPSA) is 105 Å². The van der Waals surface area contributed by atoms with E-state index >= 15 is 0 Å². The van der Waals surface area contributed by atoms with E-state index in [0.717, 1.165) is 0 Å². The van der Waals surface area contributed by atoms with Crippen molar-refractivity contribution in [3.05, 3.63) is 83.9 Å². The average Bonchev–Trinajstić information content (AvgIpc) is 2.85. The summed E-state index contributed by atoms with van der Waals surface area (Å²) in [6.45, 7) is 2.19. The molecule has 2 aromatic carbocycles. The van der Waals surface area contributed by atoms with Crippen LogP contribution in [-0.4, -0.2) is 50.3 Å². The van der Waals surface area contributed by atoms with Crippen LogP contribution in [0.4, 0.5) is 0 Å². The maximum atomic E-state index is 12.5. The minimum absolute atomic E-state index is 0.171. The molecule has 8 heteroatoms. The lowest BCUT2D eigenvalue weighted by Crippen LogP contribution is -2.38. The van der Waals surface area contributed by atoms with Crippen LogP contribution >= 0.6 is 0 Å². The van der Waals surface area contributed by atoms with E-state index in [-0.39, 0.29) is 26.4 Å². The van der Waals surface area contributed by atoms with Gasteiger partial charge >= 0.3 is 23.9 Å². The van der Waals surface area contributed by atoms with Gasteiger partial charge in [0.1, 0.15) is 26.4 Å². The highest BCUT2D eigenvalue weighted by Gasteiger charge is 2.42. The number of esters is 4. The predicted molar refractivity (Wildman–Crippen MR) is 118 cm³/mol. The van der Waals surface area contributed by atoms with Gasteiger partial charge in [-0.25, -0.2) is 9.59 Å². The highest BCUT2D eigenvalue weighted by Crippen LogP contribution is 2.23. The zero-order valence-corrected chi connectivity index (χ0v) is 18.5. The number of allylic oxidation sites excluding steroid dienone is 1. The Kier molecular flexibility index (Phi) is 9.82. The molecule has 0 aliphatic carbocycles. The third kappa shape index (κ3) is 7.60. The molecule has 0 bridgehead atoms. The summed E-state index contributed by atoms with van der Waals surface area (Å²) < 4.78 is 20.3. The fourth-order valence-electron chi connectivity index (χ4n) is 2.71. The van der Waals surface area contributed by atoms with Crippen LogP contribution in [0.2, 0.25) is 0 Å². The van der Waals surface area contributed by atoms with Gasteiger partial charge in [-0.05, 0) is 38.1 Å². The van der Waals surface area contributed by atoms with Crippen LogP contribution in [0.3, 0.4) is 0 Å². The average molecular weight is 454 g/mol. The second kappa shape index (κ2) is 12.8. The van der Waals surface area contributed by atoms with E-state index in [2.05, 4.69) is 0 Å². The van der Waals surface area contributed by atoms with Crippen LogP contribution in [-0.2, 0) is 28.5 Å². The SMILES string of the molecule is CC=CC(C)(C(=O)OCCOC(=O)c1ccccc1)C(=O)OCCOC(=O)c1ccccc1. The van der Waals surface area contributed by atoms with Crippen molar-refractivity contribution in [3.63, 3.8) is 0 Å². The standard InChI is InChI=1S/C25H26O8/c1-3-14-25(2,23(28)32-17-15-30-21(26)19-10-6-4-7-11-19)24(29)33-18-16-31-22(27)20-12-8-5-9-13-20/h3-14H,15-18H2,1-2H3. The van der Waals surface area contributed by atoms with E-state index in [9.17, 15) is 19.2 Å². The summed E-state index contributed by atoms with van der Waals surface area (Å²) in [5.74, 6) is -2.81. The number of benzene rings is 2. The number of hydrogen-bond donors (Lipinski definition) is 0. The van der Waals surface area contributed by atoms with Crippen LogP contribution in [0.5, 0.6) is 0 Å². The molecule has 0 N–H and O–H groups in total. The Hall–Kier alpha value is -3.94. The Morgan fingerprint density at radius 2 is 1.03 bits per heavy atom. The fourth-order valence-corrected chi connectivity index (χ4v) is 2.71. The Morgan fingerprint density at radius 3 is 1.39 bits per heavy atom. The molecule has 33 heavy (non-hydrogen) atoms. The lowest BCUT2D eigenvalue weighted by atomic mass is 9.90. The highest BCUT2D eigenvalue weighted by atomic mass is 16.6.